The number of rotatable bonds is 6. The van der Waals surface area contributed by atoms with E-state index in [1.807, 2.05) is 0 Å². The van der Waals surface area contributed by atoms with Crippen LogP contribution >= 0.6 is 0 Å². The second-order valence-corrected chi connectivity index (χ2v) is 5.82. The smallest absolute Gasteiger partial charge is 0.0558 e. The van der Waals surface area contributed by atoms with Gasteiger partial charge in [-0.25, -0.2) is 0 Å². The Morgan fingerprint density at radius 3 is 2.81 bits per heavy atom. The molecule has 0 aliphatic carbocycles. The molecule has 1 heterocycles. The molecule has 0 atom stereocenters. The van der Waals surface area contributed by atoms with E-state index < -0.39 is 0 Å². The van der Waals surface area contributed by atoms with Crippen molar-refractivity contribution >= 4 is 5.69 Å². The van der Waals surface area contributed by atoms with Gasteiger partial charge < -0.3 is 15.3 Å². The van der Waals surface area contributed by atoms with Gasteiger partial charge in [0.15, 0.2) is 0 Å². The number of nitrogens with one attached hydrogen (secondary N) is 1. The van der Waals surface area contributed by atoms with Crippen molar-refractivity contribution in [2.45, 2.75) is 26.8 Å². The molecule has 0 amide bonds. The van der Waals surface area contributed by atoms with E-state index in [-0.39, 0.29) is 6.61 Å². The van der Waals surface area contributed by atoms with Gasteiger partial charge in [0.2, 0.25) is 0 Å². The molecule has 0 unspecified atom stereocenters. The summed E-state index contributed by atoms with van der Waals surface area (Å²) in [6.07, 6.45) is 1.16. The van der Waals surface area contributed by atoms with E-state index in [1.54, 1.807) is 0 Å². The van der Waals surface area contributed by atoms with Crippen LogP contribution in [0.2, 0.25) is 0 Å². The Morgan fingerprint density at radius 1 is 1.19 bits per heavy atom. The third kappa shape index (κ3) is 4.70. The lowest BCUT2D eigenvalue weighted by Gasteiger charge is -2.26. The number of hydrogen-bond acceptors (Lipinski definition) is 4. The Kier molecular flexibility index (Phi) is 6.49. The summed E-state index contributed by atoms with van der Waals surface area (Å²) in [5.74, 6) is 0. The van der Waals surface area contributed by atoms with Gasteiger partial charge in [-0.05, 0) is 38.1 Å². The number of hydrogen-bond donors (Lipinski definition) is 2. The normalized spacial score (nSPS) is 17.0. The molecule has 4 nitrogen and oxygen atoms in total. The van der Waals surface area contributed by atoms with Gasteiger partial charge in [-0.3, -0.25) is 4.90 Å². The maximum Gasteiger partial charge on any atom is 0.0558 e. The van der Waals surface area contributed by atoms with Crippen molar-refractivity contribution in [3.05, 3.63) is 29.3 Å². The molecule has 1 aliphatic rings. The van der Waals surface area contributed by atoms with E-state index in [9.17, 15) is 0 Å². The van der Waals surface area contributed by atoms with Crippen LogP contribution in [0.15, 0.2) is 18.2 Å². The average Bonchev–Trinajstić information content (AvgIpc) is 2.71. The van der Waals surface area contributed by atoms with E-state index in [4.69, 9.17) is 5.11 Å². The lowest BCUT2D eigenvalue weighted by atomic mass is 10.1. The predicted octanol–water partition coefficient (Wildman–Crippen LogP) is 1.61. The summed E-state index contributed by atoms with van der Waals surface area (Å²) >= 11 is 0. The average molecular weight is 291 g/mol. The van der Waals surface area contributed by atoms with Crippen molar-refractivity contribution in [2.24, 2.45) is 0 Å². The van der Waals surface area contributed by atoms with Gasteiger partial charge in [0.1, 0.15) is 0 Å². The second-order valence-electron chi connectivity index (χ2n) is 5.82. The fourth-order valence-electron chi connectivity index (χ4n) is 3.00. The zero-order valence-electron chi connectivity index (χ0n) is 13.4. The highest BCUT2D eigenvalue weighted by Gasteiger charge is 2.16. The molecule has 4 heteroatoms. The zero-order chi connectivity index (χ0) is 15.1. The minimum atomic E-state index is 0.260. The Hall–Kier alpha value is -1.10. The Bertz CT molecular complexity index is 436. The summed E-state index contributed by atoms with van der Waals surface area (Å²) in [6.45, 7) is 11.6. The molecule has 1 aromatic carbocycles. The van der Waals surface area contributed by atoms with Crippen molar-refractivity contribution < 1.29 is 5.11 Å². The van der Waals surface area contributed by atoms with Crippen molar-refractivity contribution in [1.29, 1.82) is 0 Å². The largest absolute Gasteiger partial charge is 0.395 e. The number of aliphatic hydroxyl groups is 1. The van der Waals surface area contributed by atoms with Crippen LogP contribution in [0.3, 0.4) is 0 Å². The van der Waals surface area contributed by atoms with E-state index in [1.165, 1.54) is 16.8 Å². The molecule has 118 valence electrons. The van der Waals surface area contributed by atoms with Crippen LogP contribution in [0.5, 0.6) is 0 Å². The molecular formula is C17H29N3O. The Labute approximate surface area is 128 Å². The summed E-state index contributed by atoms with van der Waals surface area (Å²) in [6, 6.07) is 6.78. The molecule has 1 aromatic rings. The highest BCUT2D eigenvalue weighted by Crippen LogP contribution is 2.23. The first-order valence-corrected chi connectivity index (χ1v) is 8.13. The van der Waals surface area contributed by atoms with E-state index >= 15 is 0 Å². The molecule has 0 spiro atoms. The lowest BCUT2D eigenvalue weighted by Crippen LogP contribution is -2.33. The highest BCUT2D eigenvalue weighted by atomic mass is 16.3. The molecular weight excluding hydrogens is 262 g/mol. The third-order valence-corrected chi connectivity index (χ3v) is 4.15. The zero-order valence-corrected chi connectivity index (χ0v) is 13.4. The lowest BCUT2D eigenvalue weighted by molar-refractivity contribution is 0.204. The Morgan fingerprint density at radius 2 is 2.05 bits per heavy atom. The molecule has 1 fully saturated rings. The van der Waals surface area contributed by atoms with Crippen molar-refractivity contribution in [3.63, 3.8) is 0 Å². The highest BCUT2D eigenvalue weighted by molar-refractivity contribution is 5.55. The first kappa shape index (κ1) is 16.3. The Balaban J connectivity index is 2.09. The molecule has 2 rings (SSSR count). The minimum Gasteiger partial charge on any atom is -0.395 e. The maximum absolute atomic E-state index is 9.10. The van der Waals surface area contributed by atoms with Gasteiger partial charge in [-0.1, -0.05) is 24.6 Å². The monoisotopic (exact) mass is 291 g/mol. The molecule has 0 bridgehead atoms. The minimum absolute atomic E-state index is 0.260. The van der Waals surface area contributed by atoms with E-state index in [0.29, 0.717) is 0 Å². The van der Waals surface area contributed by atoms with Crippen LogP contribution in [-0.2, 0) is 6.54 Å². The van der Waals surface area contributed by atoms with E-state index in [2.05, 4.69) is 47.2 Å². The van der Waals surface area contributed by atoms with Gasteiger partial charge in [-0.2, -0.15) is 0 Å². The fourth-order valence-corrected chi connectivity index (χ4v) is 3.00. The summed E-state index contributed by atoms with van der Waals surface area (Å²) in [5.41, 5.74) is 4.09. The van der Waals surface area contributed by atoms with E-state index in [0.717, 1.165) is 52.2 Å². The molecule has 21 heavy (non-hydrogen) atoms. The topological polar surface area (TPSA) is 38.7 Å². The quantitative estimate of drug-likeness (QED) is 0.835. The predicted molar refractivity (Wildman–Crippen MR) is 88.9 cm³/mol. The van der Waals surface area contributed by atoms with Crippen molar-refractivity contribution in [3.8, 4) is 0 Å². The molecule has 1 aliphatic heterocycles. The van der Waals surface area contributed by atoms with Gasteiger partial charge in [0.25, 0.3) is 0 Å². The van der Waals surface area contributed by atoms with Crippen LogP contribution in [-0.4, -0.2) is 55.9 Å². The number of anilines is 1. The fraction of sp³-hybridized carbons (Fsp3) is 0.647. The van der Waals surface area contributed by atoms with Crippen LogP contribution in [0, 0.1) is 6.92 Å². The van der Waals surface area contributed by atoms with Crippen molar-refractivity contribution in [2.75, 3.05) is 50.8 Å². The third-order valence-electron chi connectivity index (χ3n) is 4.15. The number of aliphatic hydroxyl groups excluding tert-OH is 1. The van der Waals surface area contributed by atoms with Crippen LogP contribution in [0.4, 0.5) is 5.69 Å². The molecule has 1 saturated heterocycles. The first-order valence-electron chi connectivity index (χ1n) is 8.13. The second kappa shape index (κ2) is 8.37. The van der Waals surface area contributed by atoms with Gasteiger partial charge in [0.05, 0.1) is 6.61 Å². The maximum atomic E-state index is 9.10. The SMILES string of the molecule is CCNCc1cc(C)ccc1N1CCCN(CCO)CC1. The van der Waals surface area contributed by atoms with Gasteiger partial charge >= 0.3 is 0 Å². The van der Waals surface area contributed by atoms with Gasteiger partial charge in [-0.15, -0.1) is 0 Å². The van der Waals surface area contributed by atoms with Crippen LogP contribution < -0.4 is 10.2 Å². The summed E-state index contributed by atoms with van der Waals surface area (Å²) in [7, 11) is 0. The van der Waals surface area contributed by atoms with Crippen molar-refractivity contribution in [1.82, 2.24) is 10.2 Å². The van der Waals surface area contributed by atoms with Crippen LogP contribution in [0.1, 0.15) is 24.5 Å². The molecule has 2 N–H and O–H groups in total. The van der Waals surface area contributed by atoms with Gasteiger partial charge in [0, 0.05) is 38.4 Å². The first-order chi connectivity index (χ1) is 10.2. The molecule has 0 radical (unpaired) electrons. The molecule has 0 aromatic heterocycles. The summed E-state index contributed by atoms with van der Waals surface area (Å²) < 4.78 is 0. The number of β-amino-alcohol motifs (C(OH)–C–C–N with tert-alkyl or cyclic N) is 1. The summed E-state index contributed by atoms with van der Waals surface area (Å²) in [4.78, 5) is 4.86. The van der Waals surface area contributed by atoms with Crippen LogP contribution in [0.25, 0.3) is 0 Å². The number of aryl methyl sites for hydroxylation is 1. The number of benzene rings is 1. The molecule has 0 saturated carbocycles. The standard InChI is InChI=1S/C17H29N3O/c1-3-18-14-16-13-15(2)5-6-17(16)20-8-4-7-19(9-10-20)11-12-21/h5-6,13,18,21H,3-4,7-12,14H2,1-2H3. The summed E-state index contributed by atoms with van der Waals surface area (Å²) in [5, 5.41) is 12.5. The number of nitrogens with zero attached hydrogens (tertiary/aromatic N) is 2.